The summed E-state index contributed by atoms with van der Waals surface area (Å²) < 4.78 is 4.56. The maximum absolute atomic E-state index is 11.1. The number of hydrogen-bond donors (Lipinski definition) is 1. The van der Waals surface area contributed by atoms with E-state index in [0.29, 0.717) is 10.8 Å². The molecule has 6 heteroatoms. The molecule has 0 saturated heterocycles. The molecule has 1 aromatic heterocycles. The molecule has 0 aliphatic heterocycles. The lowest BCUT2D eigenvalue weighted by atomic mass is 10.2. The van der Waals surface area contributed by atoms with Crippen molar-refractivity contribution >= 4 is 29.0 Å². The molecule has 0 radical (unpaired) electrons. The van der Waals surface area contributed by atoms with Crippen molar-refractivity contribution in [2.75, 3.05) is 25.6 Å². The Kier molecular flexibility index (Phi) is 4.19. The standard InChI is InChI=1S/C10H13N3O2S/c1-13(6-9(14)15-2)8-5-7(10(11)16)3-4-12-8/h3-5H,6H2,1-2H3,(H2,11,16). The lowest BCUT2D eigenvalue weighted by molar-refractivity contribution is -0.138. The van der Waals surface area contributed by atoms with Crippen molar-refractivity contribution in [1.82, 2.24) is 4.98 Å². The zero-order chi connectivity index (χ0) is 12.1. The van der Waals surface area contributed by atoms with Gasteiger partial charge in [-0.2, -0.15) is 0 Å². The molecule has 0 amide bonds. The van der Waals surface area contributed by atoms with Gasteiger partial charge in [0.25, 0.3) is 0 Å². The van der Waals surface area contributed by atoms with Crippen LogP contribution < -0.4 is 10.6 Å². The predicted molar refractivity (Wildman–Crippen MR) is 65.4 cm³/mol. The van der Waals surface area contributed by atoms with E-state index in [-0.39, 0.29) is 12.5 Å². The minimum atomic E-state index is -0.329. The third-order valence-corrected chi connectivity index (χ3v) is 2.25. The van der Waals surface area contributed by atoms with E-state index in [1.165, 1.54) is 7.11 Å². The fourth-order valence-electron chi connectivity index (χ4n) is 1.12. The van der Waals surface area contributed by atoms with Gasteiger partial charge in [-0.25, -0.2) is 4.98 Å². The quantitative estimate of drug-likeness (QED) is 0.603. The van der Waals surface area contributed by atoms with Crippen molar-refractivity contribution in [3.63, 3.8) is 0 Å². The molecule has 5 nitrogen and oxygen atoms in total. The molecule has 0 aliphatic carbocycles. The van der Waals surface area contributed by atoms with Gasteiger partial charge >= 0.3 is 5.97 Å². The fourth-order valence-corrected chi connectivity index (χ4v) is 1.25. The summed E-state index contributed by atoms with van der Waals surface area (Å²) in [5, 5.41) is 0. The molecule has 1 aromatic rings. The van der Waals surface area contributed by atoms with Crippen LogP contribution in [-0.2, 0) is 9.53 Å². The number of thiocarbonyl (C=S) groups is 1. The highest BCUT2D eigenvalue weighted by Crippen LogP contribution is 2.10. The van der Waals surface area contributed by atoms with Crippen molar-refractivity contribution in [1.29, 1.82) is 0 Å². The number of likely N-dealkylation sites (N-methyl/N-ethyl adjacent to an activating group) is 1. The lowest BCUT2D eigenvalue weighted by Crippen LogP contribution is -2.27. The first-order chi connectivity index (χ1) is 7.54. The molecule has 86 valence electrons. The molecular weight excluding hydrogens is 226 g/mol. The van der Waals surface area contributed by atoms with Crippen LogP contribution in [0.2, 0.25) is 0 Å². The van der Waals surface area contributed by atoms with Crippen LogP contribution >= 0.6 is 12.2 Å². The van der Waals surface area contributed by atoms with Crippen molar-refractivity contribution in [2.45, 2.75) is 0 Å². The Hall–Kier alpha value is -1.69. The van der Waals surface area contributed by atoms with Crippen LogP contribution in [0.1, 0.15) is 5.56 Å². The molecule has 0 unspecified atom stereocenters. The summed E-state index contributed by atoms with van der Waals surface area (Å²) in [6, 6.07) is 3.45. The second-order valence-corrected chi connectivity index (χ2v) is 3.64. The van der Waals surface area contributed by atoms with Gasteiger partial charge in [0, 0.05) is 18.8 Å². The van der Waals surface area contributed by atoms with E-state index >= 15 is 0 Å². The average molecular weight is 239 g/mol. The molecule has 0 aliphatic rings. The maximum Gasteiger partial charge on any atom is 0.325 e. The van der Waals surface area contributed by atoms with Crippen molar-refractivity contribution in [3.8, 4) is 0 Å². The molecule has 1 heterocycles. The summed E-state index contributed by atoms with van der Waals surface area (Å²) in [4.78, 5) is 17.1. The summed E-state index contributed by atoms with van der Waals surface area (Å²) in [6.45, 7) is 0.129. The van der Waals surface area contributed by atoms with Crippen LogP contribution in [0, 0.1) is 0 Å². The summed E-state index contributed by atoms with van der Waals surface area (Å²) >= 11 is 4.86. The number of methoxy groups -OCH3 is 1. The second-order valence-electron chi connectivity index (χ2n) is 3.20. The van der Waals surface area contributed by atoms with Crippen LogP contribution in [0.25, 0.3) is 0 Å². The minimum Gasteiger partial charge on any atom is -0.468 e. The van der Waals surface area contributed by atoms with Gasteiger partial charge in [0.05, 0.1) is 7.11 Å². The number of nitrogens with two attached hydrogens (primary N) is 1. The zero-order valence-electron chi connectivity index (χ0n) is 9.14. The zero-order valence-corrected chi connectivity index (χ0v) is 9.95. The van der Waals surface area contributed by atoms with Gasteiger partial charge < -0.3 is 15.4 Å². The maximum atomic E-state index is 11.1. The number of pyridine rings is 1. The molecule has 0 atom stereocenters. The monoisotopic (exact) mass is 239 g/mol. The summed E-state index contributed by atoms with van der Waals surface area (Å²) in [5.41, 5.74) is 6.22. The largest absolute Gasteiger partial charge is 0.468 e. The lowest BCUT2D eigenvalue weighted by Gasteiger charge is -2.16. The number of esters is 1. The molecular formula is C10H13N3O2S. The second kappa shape index (κ2) is 5.41. The van der Waals surface area contributed by atoms with Gasteiger partial charge in [0.1, 0.15) is 17.4 Å². The molecule has 1 rings (SSSR count). The Bertz CT molecular complexity index is 409. The predicted octanol–water partition coefficient (Wildman–Crippen LogP) is 0.325. The van der Waals surface area contributed by atoms with E-state index in [9.17, 15) is 4.79 Å². The van der Waals surface area contributed by atoms with Crippen molar-refractivity contribution in [2.24, 2.45) is 5.73 Å². The van der Waals surface area contributed by atoms with Crippen LogP contribution in [0.3, 0.4) is 0 Å². The summed E-state index contributed by atoms with van der Waals surface area (Å²) in [5.74, 6) is 0.292. The molecule has 0 spiro atoms. The number of aromatic nitrogens is 1. The van der Waals surface area contributed by atoms with E-state index in [2.05, 4.69) is 9.72 Å². The van der Waals surface area contributed by atoms with E-state index in [0.717, 1.165) is 5.56 Å². The molecule has 0 fully saturated rings. The van der Waals surface area contributed by atoms with Crippen molar-refractivity contribution < 1.29 is 9.53 Å². The number of carbonyl (C=O) groups is 1. The minimum absolute atomic E-state index is 0.129. The first-order valence-corrected chi connectivity index (χ1v) is 4.99. The molecule has 0 aromatic carbocycles. The Labute approximate surface area is 99.2 Å². The molecule has 16 heavy (non-hydrogen) atoms. The first-order valence-electron chi connectivity index (χ1n) is 4.58. The number of anilines is 1. The van der Waals surface area contributed by atoms with Crippen LogP contribution in [-0.4, -0.2) is 36.6 Å². The number of carbonyl (C=O) groups excluding carboxylic acids is 1. The number of nitrogens with zero attached hydrogens (tertiary/aromatic N) is 2. The molecule has 0 saturated carbocycles. The average Bonchev–Trinajstić information content (AvgIpc) is 2.28. The SMILES string of the molecule is COC(=O)CN(C)c1cc(C(N)=S)ccn1. The summed E-state index contributed by atoms with van der Waals surface area (Å²) in [6.07, 6.45) is 1.59. The third kappa shape index (κ3) is 3.16. The third-order valence-electron chi connectivity index (χ3n) is 2.02. The summed E-state index contributed by atoms with van der Waals surface area (Å²) in [7, 11) is 3.08. The highest BCUT2D eigenvalue weighted by atomic mass is 32.1. The van der Waals surface area contributed by atoms with Crippen LogP contribution in [0.15, 0.2) is 18.3 Å². The Morgan fingerprint density at radius 1 is 1.69 bits per heavy atom. The first kappa shape index (κ1) is 12.4. The van der Waals surface area contributed by atoms with Gasteiger partial charge in [-0.05, 0) is 12.1 Å². The normalized spacial score (nSPS) is 9.62. The van der Waals surface area contributed by atoms with Crippen LogP contribution in [0.4, 0.5) is 5.82 Å². The van der Waals surface area contributed by atoms with Gasteiger partial charge in [-0.1, -0.05) is 12.2 Å². The highest BCUT2D eigenvalue weighted by molar-refractivity contribution is 7.80. The van der Waals surface area contributed by atoms with E-state index in [4.69, 9.17) is 18.0 Å². The Balaban J connectivity index is 2.83. The highest BCUT2D eigenvalue weighted by Gasteiger charge is 2.09. The van der Waals surface area contributed by atoms with E-state index in [1.54, 1.807) is 30.3 Å². The smallest absolute Gasteiger partial charge is 0.325 e. The Morgan fingerprint density at radius 3 is 2.94 bits per heavy atom. The van der Waals surface area contributed by atoms with E-state index < -0.39 is 0 Å². The van der Waals surface area contributed by atoms with Gasteiger partial charge in [-0.3, -0.25) is 4.79 Å². The van der Waals surface area contributed by atoms with Gasteiger partial charge in [0.2, 0.25) is 0 Å². The van der Waals surface area contributed by atoms with Crippen LogP contribution in [0.5, 0.6) is 0 Å². The Morgan fingerprint density at radius 2 is 2.38 bits per heavy atom. The number of rotatable bonds is 4. The van der Waals surface area contributed by atoms with Gasteiger partial charge in [-0.15, -0.1) is 0 Å². The topological polar surface area (TPSA) is 68.5 Å². The number of hydrogen-bond acceptors (Lipinski definition) is 5. The molecule has 2 N–H and O–H groups in total. The number of ether oxygens (including phenoxy) is 1. The fraction of sp³-hybridized carbons (Fsp3) is 0.300. The van der Waals surface area contributed by atoms with Gasteiger partial charge in [0.15, 0.2) is 0 Å². The molecule has 0 bridgehead atoms. The van der Waals surface area contributed by atoms with E-state index in [1.807, 2.05) is 0 Å². The van der Waals surface area contributed by atoms with Crippen molar-refractivity contribution in [3.05, 3.63) is 23.9 Å².